The third-order valence-electron chi connectivity index (χ3n) is 4.43. The van der Waals surface area contributed by atoms with E-state index in [2.05, 4.69) is 20.8 Å². The quantitative estimate of drug-likeness (QED) is 0.494. The molecule has 1 aliphatic rings. The number of hydrogen-bond donors (Lipinski definition) is 0. The lowest BCUT2D eigenvalue weighted by atomic mass is 9.84. The molecule has 0 bridgehead atoms. The zero-order chi connectivity index (χ0) is 13.3. The molecule has 1 saturated carbocycles. The summed E-state index contributed by atoms with van der Waals surface area (Å²) in [6.07, 6.45) is 15.5. The predicted molar refractivity (Wildman–Crippen MR) is 81.0 cm³/mol. The van der Waals surface area contributed by atoms with Gasteiger partial charge in [0.2, 0.25) is 0 Å². The summed E-state index contributed by atoms with van der Waals surface area (Å²) >= 11 is 0. The Morgan fingerprint density at radius 3 is 2.39 bits per heavy atom. The molecular weight excluding hydrogens is 218 g/mol. The van der Waals surface area contributed by atoms with Crippen molar-refractivity contribution in [2.24, 2.45) is 5.92 Å². The molecular formula is C17H34N. The summed E-state index contributed by atoms with van der Waals surface area (Å²) in [7, 11) is 0. The molecule has 0 aliphatic heterocycles. The number of unbranched alkanes of at least 4 members (excludes halogenated alkanes) is 2. The number of rotatable bonds is 9. The van der Waals surface area contributed by atoms with Crippen LogP contribution in [0.15, 0.2) is 0 Å². The Labute approximate surface area is 115 Å². The van der Waals surface area contributed by atoms with Crippen molar-refractivity contribution in [3.05, 3.63) is 0 Å². The first-order chi connectivity index (χ1) is 8.64. The maximum atomic E-state index is 4.88. The van der Waals surface area contributed by atoms with E-state index < -0.39 is 0 Å². The van der Waals surface area contributed by atoms with Crippen LogP contribution in [0.1, 0.15) is 91.4 Å². The lowest BCUT2D eigenvalue weighted by Gasteiger charge is -2.27. The second kappa shape index (κ2) is 8.96. The monoisotopic (exact) mass is 252 g/mol. The molecule has 0 heterocycles. The molecule has 0 aromatic rings. The third-order valence-corrected chi connectivity index (χ3v) is 4.43. The van der Waals surface area contributed by atoms with Crippen LogP contribution in [-0.2, 0) is 0 Å². The van der Waals surface area contributed by atoms with Gasteiger partial charge in [-0.2, -0.15) is 0 Å². The van der Waals surface area contributed by atoms with E-state index in [1.807, 2.05) is 0 Å². The first kappa shape index (κ1) is 16.0. The van der Waals surface area contributed by atoms with Gasteiger partial charge in [-0.05, 0) is 32.6 Å². The minimum absolute atomic E-state index is 0.225. The molecule has 0 saturated heterocycles. The highest BCUT2D eigenvalue weighted by atomic mass is 14.9. The van der Waals surface area contributed by atoms with Crippen molar-refractivity contribution in [2.45, 2.75) is 96.9 Å². The van der Waals surface area contributed by atoms with Gasteiger partial charge >= 0.3 is 0 Å². The van der Waals surface area contributed by atoms with E-state index in [-0.39, 0.29) is 5.54 Å². The normalized spacial score (nSPS) is 18.2. The fourth-order valence-corrected chi connectivity index (χ4v) is 3.12. The van der Waals surface area contributed by atoms with Gasteiger partial charge in [0.1, 0.15) is 0 Å². The highest BCUT2D eigenvalue weighted by molar-refractivity contribution is 4.77. The summed E-state index contributed by atoms with van der Waals surface area (Å²) in [5, 5.41) is 4.88. The Bertz CT molecular complexity index is 192. The molecule has 107 valence electrons. The zero-order valence-corrected chi connectivity index (χ0v) is 13.0. The lowest BCUT2D eigenvalue weighted by molar-refractivity contribution is 0.292. The maximum absolute atomic E-state index is 4.88. The fourth-order valence-electron chi connectivity index (χ4n) is 3.12. The van der Waals surface area contributed by atoms with Crippen LogP contribution in [0, 0.1) is 5.92 Å². The maximum Gasteiger partial charge on any atom is 0.0300 e. The molecule has 0 unspecified atom stereocenters. The molecule has 1 radical (unpaired) electrons. The molecule has 0 N–H and O–H groups in total. The van der Waals surface area contributed by atoms with Crippen molar-refractivity contribution in [3.63, 3.8) is 0 Å². The SMILES string of the molecule is CCCCC[N]C(C)(C)CCCC1CCCCC1. The van der Waals surface area contributed by atoms with E-state index >= 15 is 0 Å². The summed E-state index contributed by atoms with van der Waals surface area (Å²) in [5.41, 5.74) is 0.225. The minimum atomic E-state index is 0.225. The van der Waals surface area contributed by atoms with Crippen LogP contribution in [0.2, 0.25) is 0 Å². The summed E-state index contributed by atoms with van der Waals surface area (Å²) in [5.74, 6) is 1.04. The first-order valence-electron chi connectivity index (χ1n) is 8.33. The van der Waals surface area contributed by atoms with Gasteiger partial charge in [-0.15, -0.1) is 0 Å². The van der Waals surface area contributed by atoms with Crippen LogP contribution < -0.4 is 5.32 Å². The van der Waals surface area contributed by atoms with Gasteiger partial charge < -0.3 is 0 Å². The van der Waals surface area contributed by atoms with Gasteiger partial charge in [0, 0.05) is 12.1 Å². The van der Waals surface area contributed by atoms with Crippen molar-refractivity contribution < 1.29 is 0 Å². The highest BCUT2D eigenvalue weighted by Gasteiger charge is 2.19. The summed E-state index contributed by atoms with van der Waals surface area (Å²) in [4.78, 5) is 0. The van der Waals surface area contributed by atoms with E-state index in [1.54, 1.807) is 0 Å². The standard InChI is InChI=1S/C17H34N/c1-4-5-9-15-18-17(2,3)14-10-13-16-11-7-6-8-12-16/h16H,4-15H2,1-3H3. The van der Waals surface area contributed by atoms with Gasteiger partial charge in [-0.1, -0.05) is 64.7 Å². The van der Waals surface area contributed by atoms with Gasteiger partial charge in [-0.3, -0.25) is 0 Å². The Morgan fingerprint density at radius 1 is 1.00 bits per heavy atom. The average Bonchev–Trinajstić information content (AvgIpc) is 2.36. The smallest absolute Gasteiger partial charge is 0.0300 e. The van der Waals surface area contributed by atoms with Crippen molar-refractivity contribution in [3.8, 4) is 0 Å². The van der Waals surface area contributed by atoms with Gasteiger partial charge in [0.25, 0.3) is 0 Å². The minimum Gasteiger partial charge on any atom is -0.236 e. The highest BCUT2D eigenvalue weighted by Crippen LogP contribution is 2.28. The molecule has 1 aliphatic carbocycles. The Hall–Kier alpha value is -0.0400. The summed E-state index contributed by atoms with van der Waals surface area (Å²) in [6.45, 7) is 7.97. The van der Waals surface area contributed by atoms with E-state index in [0.717, 1.165) is 12.5 Å². The molecule has 0 amide bonds. The largest absolute Gasteiger partial charge is 0.236 e. The molecule has 0 aromatic heterocycles. The predicted octanol–water partition coefficient (Wildman–Crippen LogP) is 5.31. The number of nitrogens with zero attached hydrogens (tertiary/aromatic N) is 1. The van der Waals surface area contributed by atoms with E-state index in [1.165, 1.54) is 70.6 Å². The Balaban J connectivity index is 2.04. The molecule has 1 nitrogen and oxygen atoms in total. The van der Waals surface area contributed by atoms with Crippen LogP contribution in [0.25, 0.3) is 0 Å². The third kappa shape index (κ3) is 7.41. The van der Waals surface area contributed by atoms with Crippen molar-refractivity contribution in [1.29, 1.82) is 0 Å². The molecule has 0 aromatic carbocycles. The van der Waals surface area contributed by atoms with Gasteiger partial charge in [-0.25, -0.2) is 5.32 Å². The van der Waals surface area contributed by atoms with Gasteiger partial charge in [0.15, 0.2) is 0 Å². The fraction of sp³-hybridized carbons (Fsp3) is 1.00. The van der Waals surface area contributed by atoms with E-state index in [4.69, 9.17) is 5.32 Å². The zero-order valence-electron chi connectivity index (χ0n) is 13.0. The van der Waals surface area contributed by atoms with Crippen LogP contribution >= 0.6 is 0 Å². The summed E-state index contributed by atoms with van der Waals surface area (Å²) in [6, 6.07) is 0. The topological polar surface area (TPSA) is 14.1 Å². The van der Waals surface area contributed by atoms with Crippen molar-refractivity contribution in [1.82, 2.24) is 5.32 Å². The number of hydrogen-bond acceptors (Lipinski definition) is 0. The van der Waals surface area contributed by atoms with Crippen molar-refractivity contribution in [2.75, 3.05) is 6.54 Å². The molecule has 0 atom stereocenters. The first-order valence-corrected chi connectivity index (χ1v) is 8.33. The van der Waals surface area contributed by atoms with Crippen LogP contribution in [0.4, 0.5) is 0 Å². The molecule has 18 heavy (non-hydrogen) atoms. The molecule has 0 spiro atoms. The Kier molecular flexibility index (Phi) is 7.97. The molecule has 1 rings (SSSR count). The van der Waals surface area contributed by atoms with Crippen LogP contribution in [-0.4, -0.2) is 12.1 Å². The Morgan fingerprint density at radius 2 is 1.72 bits per heavy atom. The second-order valence-electron chi connectivity index (χ2n) is 6.80. The summed E-state index contributed by atoms with van der Waals surface area (Å²) < 4.78 is 0. The van der Waals surface area contributed by atoms with Crippen LogP contribution in [0.5, 0.6) is 0 Å². The second-order valence-corrected chi connectivity index (χ2v) is 6.80. The van der Waals surface area contributed by atoms with Gasteiger partial charge in [0.05, 0.1) is 0 Å². The van der Waals surface area contributed by atoms with Crippen LogP contribution in [0.3, 0.4) is 0 Å². The molecule has 1 heteroatoms. The molecule has 1 fully saturated rings. The van der Waals surface area contributed by atoms with E-state index in [0.29, 0.717) is 0 Å². The average molecular weight is 252 g/mol. The van der Waals surface area contributed by atoms with E-state index in [9.17, 15) is 0 Å². The lowest BCUT2D eigenvalue weighted by Crippen LogP contribution is -2.33. The van der Waals surface area contributed by atoms with Crippen molar-refractivity contribution >= 4 is 0 Å².